The van der Waals surface area contributed by atoms with E-state index in [1.807, 2.05) is 0 Å². The predicted octanol–water partition coefficient (Wildman–Crippen LogP) is 2.99. The molecule has 1 aliphatic rings. The van der Waals surface area contributed by atoms with Crippen molar-refractivity contribution >= 4 is 29.9 Å². The second-order valence-electron chi connectivity index (χ2n) is 6.36. The average molecular weight is 460 g/mol. The molecule has 1 saturated heterocycles. The normalized spacial score (nSPS) is 17.4. The molecule has 1 heterocycles. The number of guanidine groups is 1. The zero-order valence-corrected chi connectivity index (χ0v) is 18.1. The van der Waals surface area contributed by atoms with Crippen LogP contribution in [0.1, 0.15) is 37.8 Å². The molecule has 2 N–H and O–H groups in total. The van der Waals surface area contributed by atoms with Crippen molar-refractivity contribution in [2.75, 3.05) is 33.3 Å². The molecule has 0 saturated carbocycles. The fraction of sp³-hybridized carbons (Fsp3) is 0.632. The van der Waals surface area contributed by atoms with E-state index < -0.39 is 0 Å². The summed E-state index contributed by atoms with van der Waals surface area (Å²) in [6, 6.07) is 8.69. The number of nitrogens with one attached hydrogen (secondary N) is 2. The number of halogens is 1. The molecule has 2 rings (SSSR count). The lowest BCUT2D eigenvalue weighted by atomic mass is 10.1. The highest BCUT2D eigenvalue weighted by Gasteiger charge is 2.15. The van der Waals surface area contributed by atoms with Gasteiger partial charge in [0.05, 0.1) is 12.6 Å². The topological polar surface area (TPSA) is 48.9 Å². The summed E-state index contributed by atoms with van der Waals surface area (Å²) in [7, 11) is 2.14. The number of aliphatic imine (C=N–C) groups is 1. The average Bonchev–Trinajstić information content (AvgIpc) is 3.11. The molecule has 0 aromatic heterocycles. The fourth-order valence-electron chi connectivity index (χ4n) is 2.78. The maximum absolute atomic E-state index is 5.66. The van der Waals surface area contributed by atoms with Crippen molar-refractivity contribution in [3.8, 4) is 0 Å². The van der Waals surface area contributed by atoms with Crippen LogP contribution >= 0.6 is 24.0 Å². The molecular weight excluding hydrogens is 427 g/mol. The molecule has 1 aliphatic heterocycles. The van der Waals surface area contributed by atoms with Gasteiger partial charge in [0.15, 0.2) is 5.96 Å². The molecule has 1 aromatic rings. The van der Waals surface area contributed by atoms with Crippen molar-refractivity contribution in [3.63, 3.8) is 0 Å². The smallest absolute Gasteiger partial charge is 0.191 e. The third-order valence-corrected chi connectivity index (χ3v) is 4.27. The van der Waals surface area contributed by atoms with E-state index in [-0.39, 0.29) is 24.0 Å². The highest BCUT2D eigenvalue weighted by atomic mass is 127. The minimum Gasteiger partial charge on any atom is -0.376 e. The third kappa shape index (κ3) is 8.37. The van der Waals surface area contributed by atoms with Gasteiger partial charge >= 0.3 is 0 Å². The van der Waals surface area contributed by atoms with Crippen LogP contribution in [-0.4, -0.2) is 50.3 Å². The monoisotopic (exact) mass is 460 g/mol. The van der Waals surface area contributed by atoms with Crippen LogP contribution in [0.3, 0.4) is 0 Å². The first-order valence-corrected chi connectivity index (χ1v) is 9.11. The van der Waals surface area contributed by atoms with Gasteiger partial charge < -0.3 is 20.3 Å². The van der Waals surface area contributed by atoms with E-state index in [4.69, 9.17) is 9.73 Å². The highest BCUT2D eigenvalue weighted by Crippen LogP contribution is 2.11. The summed E-state index contributed by atoms with van der Waals surface area (Å²) in [4.78, 5) is 7.01. The van der Waals surface area contributed by atoms with Crippen LogP contribution in [-0.2, 0) is 17.8 Å². The van der Waals surface area contributed by atoms with Gasteiger partial charge in [0.1, 0.15) is 0 Å². The Morgan fingerprint density at radius 2 is 2.08 bits per heavy atom. The molecule has 1 fully saturated rings. The van der Waals surface area contributed by atoms with Gasteiger partial charge in [0.25, 0.3) is 0 Å². The second-order valence-corrected chi connectivity index (χ2v) is 6.36. The largest absolute Gasteiger partial charge is 0.376 e. The fourth-order valence-corrected chi connectivity index (χ4v) is 2.78. The van der Waals surface area contributed by atoms with E-state index in [9.17, 15) is 0 Å². The summed E-state index contributed by atoms with van der Waals surface area (Å²) in [5.41, 5.74) is 2.58. The molecule has 0 radical (unpaired) electrons. The molecule has 0 spiro atoms. The maximum atomic E-state index is 5.66. The van der Waals surface area contributed by atoms with Crippen LogP contribution in [0, 0.1) is 0 Å². The SMILES string of the molecule is CCNC(=NCc1cccc(CN(C)CC)c1)NCC1CCCO1.I. The van der Waals surface area contributed by atoms with Crippen molar-refractivity contribution < 1.29 is 4.74 Å². The van der Waals surface area contributed by atoms with Crippen LogP contribution < -0.4 is 10.6 Å². The van der Waals surface area contributed by atoms with E-state index in [0.717, 1.165) is 45.2 Å². The van der Waals surface area contributed by atoms with Gasteiger partial charge in [-0.15, -0.1) is 24.0 Å². The maximum Gasteiger partial charge on any atom is 0.191 e. The number of hydrogen-bond acceptors (Lipinski definition) is 3. The summed E-state index contributed by atoms with van der Waals surface area (Å²) in [6.45, 7) is 9.56. The zero-order chi connectivity index (χ0) is 17.2. The van der Waals surface area contributed by atoms with Crippen LogP contribution in [0.15, 0.2) is 29.3 Å². The molecule has 1 aromatic carbocycles. The summed E-state index contributed by atoms with van der Waals surface area (Å²) in [6.07, 6.45) is 2.63. The summed E-state index contributed by atoms with van der Waals surface area (Å²) in [5.74, 6) is 0.865. The molecule has 0 aliphatic carbocycles. The molecule has 1 unspecified atom stereocenters. The number of ether oxygens (including phenoxy) is 1. The molecular formula is C19H33IN4O. The lowest BCUT2D eigenvalue weighted by Gasteiger charge is -2.15. The van der Waals surface area contributed by atoms with Crippen molar-refractivity contribution in [1.82, 2.24) is 15.5 Å². The first kappa shape index (κ1) is 22.2. The van der Waals surface area contributed by atoms with Crippen LogP contribution in [0.4, 0.5) is 0 Å². The van der Waals surface area contributed by atoms with E-state index in [0.29, 0.717) is 12.6 Å². The standard InChI is InChI=1S/C19H32N4O.HI/c1-4-20-19(22-14-18-10-7-11-24-18)21-13-16-8-6-9-17(12-16)15-23(3)5-2;/h6,8-9,12,18H,4-5,7,10-11,13-15H2,1-3H3,(H2,20,21,22);1H. The molecule has 6 heteroatoms. The molecule has 25 heavy (non-hydrogen) atoms. The van der Waals surface area contributed by atoms with E-state index in [1.54, 1.807) is 0 Å². The Bertz CT molecular complexity index is 518. The first-order chi connectivity index (χ1) is 11.7. The van der Waals surface area contributed by atoms with Crippen molar-refractivity contribution in [1.29, 1.82) is 0 Å². The molecule has 0 amide bonds. The Hall–Kier alpha value is -0.860. The molecule has 142 valence electrons. The van der Waals surface area contributed by atoms with Gasteiger partial charge in [0.2, 0.25) is 0 Å². The van der Waals surface area contributed by atoms with Gasteiger partial charge in [-0.2, -0.15) is 0 Å². The van der Waals surface area contributed by atoms with Gasteiger partial charge in [-0.1, -0.05) is 31.2 Å². The summed E-state index contributed by atoms with van der Waals surface area (Å²) in [5, 5.41) is 6.70. The van der Waals surface area contributed by atoms with Gasteiger partial charge in [-0.05, 0) is 44.5 Å². The Balaban J connectivity index is 0.00000312. The lowest BCUT2D eigenvalue weighted by molar-refractivity contribution is 0.114. The van der Waals surface area contributed by atoms with Crippen molar-refractivity contribution in [3.05, 3.63) is 35.4 Å². The number of hydrogen-bond donors (Lipinski definition) is 2. The zero-order valence-electron chi connectivity index (χ0n) is 15.8. The number of benzene rings is 1. The molecule has 1 atom stereocenters. The summed E-state index contributed by atoms with van der Waals surface area (Å²) >= 11 is 0. The van der Waals surface area contributed by atoms with Gasteiger partial charge in [-0.3, -0.25) is 0 Å². The van der Waals surface area contributed by atoms with Crippen LogP contribution in [0.5, 0.6) is 0 Å². The van der Waals surface area contributed by atoms with Crippen LogP contribution in [0.2, 0.25) is 0 Å². The quantitative estimate of drug-likeness (QED) is 0.356. The van der Waals surface area contributed by atoms with Crippen molar-refractivity contribution in [2.24, 2.45) is 4.99 Å². The summed E-state index contributed by atoms with van der Waals surface area (Å²) < 4.78 is 5.66. The number of rotatable bonds is 8. The van der Waals surface area contributed by atoms with E-state index >= 15 is 0 Å². The van der Waals surface area contributed by atoms with Crippen LogP contribution in [0.25, 0.3) is 0 Å². The lowest BCUT2D eigenvalue weighted by Crippen LogP contribution is -2.41. The van der Waals surface area contributed by atoms with E-state index in [2.05, 4.69) is 60.7 Å². The molecule has 0 bridgehead atoms. The Kier molecular flexibility index (Phi) is 11.1. The van der Waals surface area contributed by atoms with Crippen molar-refractivity contribution in [2.45, 2.75) is 45.9 Å². The minimum absolute atomic E-state index is 0. The third-order valence-electron chi connectivity index (χ3n) is 4.27. The predicted molar refractivity (Wildman–Crippen MR) is 116 cm³/mol. The number of nitrogens with zero attached hydrogens (tertiary/aromatic N) is 2. The minimum atomic E-state index is 0. The van der Waals surface area contributed by atoms with Gasteiger partial charge in [-0.25, -0.2) is 4.99 Å². The second kappa shape index (κ2) is 12.5. The van der Waals surface area contributed by atoms with E-state index in [1.165, 1.54) is 17.5 Å². The molecule has 5 nitrogen and oxygen atoms in total. The van der Waals surface area contributed by atoms with Gasteiger partial charge in [0, 0.05) is 26.2 Å². The Morgan fingerprint density at radius 3 is 2.76 bits per heavy atom. The highest BCUT2D eigenvalue weighted by molar-refractivity contribution is 14.0. The first-order valence-electron chi connectivity index (χ1n) is 9.11. The Labute approximate surface area is 169 Å². The Morgan fingerprint density at radius 1 is 1.28 bits per heavy atom.